The molecule has 0 saturated carbocycles. The Bertz CT molecular complexity index is 1260. The molecule has 176 valence electrons. The molecule has 0 unspecified atom stereocenters. The van der Waals surface area contributed by atoms with E-state index in [1.54, 1.807) is 36.4 Å². The molecule has 0 saturated heterocycles. The molecular weight excluding hydrogens is 473 g/mol. The number of hydrogen-bond acceptors (Lipinski definition) is 4. The average molecular weight is 498 g/mol. The van der Waals surface area contributed by atoms with Gasteiger partial charge in [-0.3, -0.25) is 4.79 Å². The maximum absolute atomic E-state index is 12.6. The number of para-hydroxylation sites is 2. The molecule has 1 amide bonds. The number of carbonyl (C=O) groups excluding carboxylic acids is 1. The summed E-state index contributed by atoms with van der Waals surface area (Å²) in [5.41, 5.74) is 3.07. The first kappa shape index (κ1) is 23.9. The largest absolute Gasteiger partial charge is 0.485 e. The number of amides is 1. The van der Waals surface area contributed by atoms with Crippen molar-refractivity contribution in [3.8, 4) is 11.5 Å². The molecule has 1 aromatic heterocycles. The number of nitrogens with one attached hydrogen (secondary N) is 2. The molecule has 0 fully saturated rings. The molecule has 0 bridgehead atoms. The lowest BCUT2D eigenvalue weighted by Gasteiger charge is -2.14. The van der Waals surface area contributed by atoms with Crippen molar-refractivity contribution in [3.63, 3.8) is 0 Å². The van der Waals surface area contributed by atoms with Gasteiger partial charge in [-0.25, -0.2) is 4.98 Å². The molecule has 0 aliphatic rings. The number of hydrogen-bond donors (Lipinski definition) is 2. The molecule has 0 aliphatic heterocycles. The Kier molecular flexibility index (Phi) is 7.93. The van der Waals surface area contributed by atoms with E-state index in [1.165, 1.54) is 0 Å². The molecule has 0 spiro atoms. The maximum atomic E-state index is 12.6. The number of unbranched alkanes of at least 4 members (excludes halogenated alkanes) is 1. The average Bonchev–Trinajstić information content (AvgIpc) is 3.25. The first-order valence-corrected chi connectivity index (χ1v) is 11.8. The summed E-state index contributed by atoms with van der Waals surface area (Å²) in [4.78, 5) is 20.4. The molecule has 1 heterocycles. The van der Waals surface area contributed by atoms with Crippen LogP contribution in [-0.2, 0) is 13.2 Å². The number of rotatable bonds is 10. The number of benzene rings is 3. The third-order valence-electron chi connectivity index (χ3n) is 5.22. The van der Waals surface area contributed by atoms with Gasteiger partial charge in [0.15, 0.2) is 11.5 Å². The molecule has 8 heteroatoms. The number of fused-ring (bicyclic) bond motifs is 1. The number of carbonyl (C=O) groups is 1. The van der Waals surface area contributed by atoms with Gasteiger partial charge in [-0.05, 0) is 48.9 Å². The number of aromatic nitrogens is 2. The van der Waals surface area contributed by atoms with Crippen molar-refractivity contribution in [3.05, 3.63) is 87.7 Å². The minimum atomic E-state index is -0.161. The van der Waals surface area contributed by atoms with Crippen LogP contribution in [0.3, 0.4) is 0 Å². The van der Waals surface area contributed by atoms with Crippen LogP contribution >= 0.6 is 23.2 Å². The van der Waals surface area contributed by atoms with E-state index in [0.717, 1.165) is 29.4 Å². The first-order valence-electron chi connectivity index (χ1n) is 11.1. The van der Waals surface area contributed by atoms with Gasteiger partial charge in [0, 0.05) is 27.7 Å². The number of nitrogens with zero attached hydrogens (tertiary/aromatic N) is 1. The third-order valence-corrected chi connectivity index (χ3v) is 5.81. The minimum Gasteiger partial charge on any atom is -0.485 e. The Hall–Kier alpha value is -3.22. The summed E-state index contributed by atoms with van der Waals surface area (Å²) in [6.45, 7) is 3.11. The lowest BCUT2D eigenvalue weighted by atomic mass is 10.1. The number of aromatic amines is 1. The van der Waals surface area contributed by atoms with Crippen molar-refractivity contribution in [2.45, 2.75) is 33.0 Å². The molecule has 6 nitrogen and oxygen atoms in total. The summed E-state index contributed by atoms with van der Waals surface area (Å²) in [6, 6.07) is 18.1. The number of H-pyrrole nitrogens is 1. The molecule has 4 rings (SSSR count). The van der Waals surface area contributed by atoms with E-state index in [1.807, 2.05) is 24.3 Å². The maximum Gasteiger partial charge on any atom is 0.251 e. The van der Waals surface area contributed by atoms with Crippen molar-refractivity contribution < 1.29 is 14.3 Å². The highest BCUT2D eigenvalue weighted by molar-refractivity contribution is 6.35. The van der Waals surface area contributed by atoms with Gasteiger partial charge in [-0.1, -0.05) is 54.7 Å². The van der Waals surface area contributed by atoms with Gasteiger partial charge >= 0.3 is 0 Å². The SMILES string of the molecule is CCCCNC(=O)c1ccc(OCc2nc3ccccc3[nH]2)c(OCc2ccc(Cl)cc2Cl)c1. The van der Waals surface area contributed by atoms with Gasteiger partial charge < -0.3 is 19.8 Å². The zero-order valence-electron chi connectivity index (χ0n) is 18.7. The summed E-state index contributed by atoms with van der Waals surface area (Å²) in [5, 5.41) is 3.98. The summed E-state index contributed by atoms with van der Waals surface area (Å²) < 4.78 is 12.1. The zero-order chi connectivity index (χ0) is 23.9. The highest BCUT2D eigenvalue weighted by atomic mass is 35.5. The standard InChI is InChI=1S/C26H25Cl2N3O3/c1-2-3-12-29-26(32)17-9-11-23(34-16-25-30-21-6-4-5-7-22(21)31-25)24(13-17)33-15-18-8-10-19(27)14-20(18)28/h4-11,13-14H,2-3,12,15-16H2,1H3,(H,29,32)(H,30,31). The van der Waals surface area contributed by atoms with Crippen molar-refractivity contribution in [1.82, 2.24) is 15.3 Å². The van der Waals surface area contributed by atoms with Crippen LogP contribution in [0.25, 0.3) is 11.0 Å². The Morgan fingerprint density at radius 2 is 1.82 bits per heavy atom. The van der Waals surface area contributed by atoms with Gasteiger partial charge in [0.2, 0.25) is 0 Å². The molecule has 4 aromatic rings. The van der Waals surface area contributed by atoms with Crippen LogP contribution in [0.15, 0.2) is 60.7 Å². The summed E-state index contributed by atoms with van der Waals surface area (Å²) in [5.74, 6) is 1.46. The summed E-state index contributed by atoms with van der Waals surface area (Å²) in [7, 11) is 0. The minimum absolute atomic E-state index is 0.161. The molecular formula is C26H25Cl2N3O3. The molecule has 0 radical (unpaired) electrons. The monoisotopic (exact) mass is 497 g/mol. The van der Waals surface area contributed by atoms with E-state index >= 15 is 0 Å². The Morgan fingerprint density at radius 1 is 1.00 bits per heavy atom. The molecule has 34 heavy (non-hydrogen) atoms. The van der Waals surface area contributed by atoms with Crippen LogP contribution in [0.1, 0.15) is 41.5 Å². The van der Waals surface area contributed by atoms with Crippen molar-refractivity contribution >= 4 is 40.1 Å². The van der Waals surface area contributed by atoms with Crippen LogP contribution < -0.4 is 14.8 Å². The normalized spacial score (nSPS) is 10.9. The highest BCUT2D eigenvalue weighted by Crippen LogP contribution is 2.31. The van der Waals surface area contributed by atoms with Crippen molar-refractivity contribution in [1.29, 1.82) is 0 Å². The first-order chi connectivity index (χ1) is 16.5. The number of ether oxygens (including phenoxy) is 2. The fourth-order valence-corrected chi connectivity index (χ4v) is 3.84. The van der Waals surface area contributed by atoms with E-state index in [0.29, 0.717) is 39.5 Å². The molecule has 0 aliphatic carbocycles. The fraction of sp³-hybridized carbons (Fsp3) is 0.231. The van der Waals surface area contributed by atoms with Crippen molar-refractivity contribution in [2.75, 3.05) is 6.54 Å². The predicted octanol–water partition coefficient (Wildman–Crippen LogP) is 6.56. The Balaban J connectivity index is 1.53. The van der Waals surface area contributed by atoms with Gasteiger partial charge in [0.1, 0.15) is 19.0 Å². The predicted molar refractivity (Wildman–Crippen MR) is 135 cm³/mol. The van der Waals surface area contributed by atoms with Crippen LogP contribution in [0.4, 0.5) is 0 Å². The second-order valence-corrected chi connectivity index (χ2v) is 8.63. The zero-order valence-corrected chi connectivity index (χ0v) is 20.2. The molecule has 3 aromatic carbocycles. The van der Waals surface area contributed by atoms with Crippen molar-refractivity contribution in [2.24, 2.45) is 0 Å². The highest BCUT2D eigenvalue weighted by Gasteiger charge is 2.14. The summed E-state index contributed by atoms with van der Waals surface area (Å²) >= 11 is 12.3. The lowest BCUT2D eigenvalue weighted by Crippen LogP contribution is -2.24. The fourth-order valence-electron chi connectivity index (χ4n) is 3.38. The van der Waals surface area contributed by atoms with Crippen LogP contribution in [0.5, 0.6) is 11.5 Å². The lowest BCUT2D eigenvalue weighted by molar-refractivity contribution is 0.0952. The topological polar surface area (TPSA) is 76.2 Å². The molecule has 2 N–H and O–H groups in total. The van der Waals surface area contributed by atoms with E-state index in [2.05, 4.69) is 22.2 Å². The molecule has 0 atom stereocenters. The quantitative estimate of drug-likeness (QED) is 0.243. The van der Waals surface area contributed by atoms with E-state index in [4.69, 9.17) is 32.7 Å². The smallest absolute Gasteiger partial charge is 0.251 e. The van der Waals surface area contributed by atoms with E-state index < -0.39 is 0 Å². The number of imidazole rings is 1. The van der Waals surface area contributed by atoms with E-state index in [9.17, 15) is 4.79 Å². The van der Waals surface area contributed by atoms with Crippen LogP contribution in [0.2, 0.25) is 10.0 Å². The van der Waals surface area contributed by atoms with Gasteiger partial charge in [0.25, 0.3) is 5.91 Å². The third kappa shape index (κ3) is 6.01. The van der Waals surface area contributed by atoms with Gasteiger partial charge in [-0.15, -0.1) is 0 Å². The summed E-state index contributed by atoms with van der Waals surface area (Å²) in [6.07, 6.45) is 1.92. The van der Waals surface area contributed by atoms with Crippen LogP contribution in [0, 0.1) is 0 Å². The second-order valence-electron chi connectivity index (χ2n) is 7.78. The van der Waals surface area contributed by atoms with Gasteiger partial charge in [-0.2, -0.15) is 0 Å². The van der Waals surface area contributed by atoms with Gasteiger partial charge in [0.05, 0.1) is 11.0 Å². The van der Waals surface area contributed by atoms with Crippen LogP contribution in [-0.4, -0.2) is 22.4 Å². The Morgan fingerprint density at radius 3 is 2.62 bits per heavy atom. The Labute approximate surface area is 208 Å². The number of halogens is 2. The second kappa shape index (κ2) is 11.3. The van der Waals surface area contributed by atoms with E-state index in [-0.39, 0.29) is 19.1 Å².